The largest absolute Gasteiger partial charge is 0.300 e. The summed E-state index contributed by atoms with van der Waals surface area (Å²) in [5, 5.41) is 12.9. The molecule has 7 heteroatoms. The van der Waals surface area contributed by atoms with Crippen molar-refractivity contribution in [2.75, 3.05) is 11.1 Å². The fraction of sp³-hybridized carbons (Fsp3) is 0.308. The number of nitrogens with one attached hydrogen (secondary N) is 1. The molecule has 2 rings (SSSR count). The van der Waals surface area contributed by atoms with Crippen molar-refractivity contribution in [3.8, 4) is 0 Å². The number of carbonyl (C=O) groups is 1. The number of hydrogen-bond acceptors (Lipinski definition) is 5. The summed E-state index contributed by atoms with van der Waals surface area (Å²) >= 11 is 8.70. The average Bonchev–Trinajstić information content (AvgIpc) is 2.86. The normalized spacial score (nSPS) is 10.5. The first-order valence-corrected chi connectivity index (χ1v) is 8.36. The van der Waals surface area contributed by atoms with Gasteiger partial charge in [-0.05, 0) is 30.7 Å². The summed E-state index contributed by atoms with van der Waals surface area (Å²) < 4.78 is 0. The monoisotopic (exact) mass is 327 g/mol. The van der Waals surface area contributed by atoms with Gasteiger partial charge in [-0.2, -0.15) is 0 Å². The first-order valence-electron chi connectivity index (χ1n) is 6.18. The van der Waals surface area contributed by atoms with E-state index in [9.17, 15) is 4.79 Å². The van der Waals surface area contributed by atoms with Gasteiger partial charge in [-0.1, -0.05) is 29.9 Å². The van der Waals surface area contributed by atoms with Gasteiger partial charge in [0.05, 0.1) is 5.75 Å². The second-order valence-corrected chi connectivity index (χ2v) is 6.59. The maximum Gasteiger partial charge on any atom is 0.236 e. The van der Waals surface area contributed by atoms with Crippen LogP contribution in [0.5, 0.6) is 0 Å². The summed E-state index contributed by atoms with van der Waals surface area (Å²) in [6.07, 6.45) is 1.92. The number of aryl methyl sites for hydroxylation is 1. The minimum Gasteiger partial charge on any atom is -0.300 e. The van der Waals surface area contributed by atoms with E-state index >= 15 is 0 Å². The third-order valence-corrected chi connectivity index (χ3v) is 4.52. The van der Waals surface area contributed by atoms with Crippen LogP contribution in [0.15, 0.2) is 29.2 Å². The summed E-state index contributed by atoms with van der Waals surface area (Å²) in [7, 11) is 0. The number of anilines is 1. The summed E-state index contributed by atoms with van der Waals surface area (Å²) in [6, 6.07) is 7.41. The molecule has 4 nitrogen and oxygen atoms in total. The van der Waals surface area contributed by atoms with E-state index in [4.69, 9.17) is 11.6 Å². The van der Waals surface area contributed by atoms with Crippen LogP contribution in [0.25, 0.3) is 0 Å². The first-order chi connectivity index (χ1) is 9.67. The Kier molecular flexibility index (Phi) is 5.82. The highest BCUT2D eigenvalue weighted by atomic mass is 35.5. The van der Waals surface area contributed by atoms with Crippen LogP contribution in [0, 0.1) is 0 Å². The van der Waals surface area contributed by atoms with Gasteiger partial charge in [-0.25, -0.2) is 0 Å². The Morgan fingerprint density at radius 1 is 1.35 bits per heavy atom. The molecule has 1 amide bonds. The Balaban J connectivity index is 1.81. The van der Waals surface area contributed by atoms with E-state index in [0.29, 0.717) is 15.9 Å². The van der Waals surface area contributed by atoms with Crippen LogP contribution in [-0.4, -0.2) is 21.9 Å². The van der Waals surface area contributed by atoms with Crippen molar-refractivity contribution in [1.82, 2.24) is 10.2 Å². The van der Waals surface area contributed by atoms with Gasteiger partial charge in [0.25, 0.3) is 0 Å². The molecule has 0 saturated heterocycles. The second-order valence-electron chi connectivity index (χ2n) is 4.04. The highest BCUT2D eigenvalue weighted by Crippen LogP contribution is 2.21. The zero-order chi connectivity index (χ0) is 14.4. The van der Waals surface area contributed by atoms with Gasteiger partial charge in [-0.3, -0.25) is 10.1 Å². The molecule has 1 aromatic heterocycles. The van der Waals surface area contributed by atoms with E-state index in [1.165, 1.54) is 23.1 Å². The molecule has 0 aliphatic carbocycles. The fourth-order valence-electron chi connectivity index (χ4n) is 1.45. The van der Waals surface area contributed by atoms with Crippen LogP contribution in [0.2, 0.25) is 5.02 Å². The van der Waals surface area contributed by atoms with Gasteiger partial charge >= 0.3 is 0 Å². The Labute approximate surface area is 130 Å². The molecule has 0 unspecified atom stereocenters. The Morgan fingerprint density at radius 2 is 2.10 bits per heavy atom. The van der Waals surface area contributed by atoms with Crippen LogP contribution < -0.4 is 5.32 Å². The number of benzene rings is 1. The number of hydrogen-bond donors (Lipinski definition) is 1. The minimum atomic E-state index is -0.0795. The molecular weight excluding hydrogens is 314 g/mol. The molecule has 0 aliphatic heterocycles. The van der Waals surface area contributed by atoms with Gasteiger partial charge in [0, 0.05) is 16.3 Å². The van der Waals surface area contributed by atoms with Gasteiger partial charge in [0.2, 0.25) is 11.0 Å². The van der Waals surface area contributed by atoms with E-state index in [1.807, 2.05) is 24.3 Å². The molecule has 0 saturated carbocycles. The first kappa shape index (κ1) is 15.3. The molecule has 0 atom stereocenters. The molecule has 20 heavy (non-hydrogen) atoms. The molecule has 0 aliphatic rings. The molecule has 0 spiro atoms. The molecule has 106 valence electrons. The van der Waals surface area contributed by atoms with Gasteiger partial charge in [0.15, 0.2) is 0 Å². The van der Waals surface area contributed by atoms with Crippen LogP contribution in [0.1, 0.15) is 18.4 Å². The lowest BCUT2D eigenvalue weighted by Crippen LogP contribution is -2.13. The SMILES string of the molecule is CCCc1nnc(NC(=O)CSc2ccc(Cl)cc2)s1. The Hall–Kier alpha value is -1.11. The van der Waals surface area contributed by atoms with Crippen LogP contribution in [0.4, 0.5) is 5.13 Å². The molecule has 1 heterocycles. The number of aromatic nitrogens is 2. The van der Waals surface area contributed by atoms with Crippen molar-refractivity contribution < 1.29 is 4.79 Å². The minimum absolute atomic E-state index is 0.0795. The molecule has 1 N–H and O–H groups in total. The smallest absolute Gasteiger partial charge is 0.236 e. The maximum atomic E-state index is 11.8. The predicted octanol–water partition coefficient (Wildman–Crippen LogP) is 3.87. The lowest BCUT2D eigenvalue weighted by atomic mass is 10.4. The highest BCUT2D eigenvalue weighted by molar-refractivity contribution is 8.00. The standard InChI is InChI=1S/C13H14ClN3OS2/c1-2-3-12-16-17-13(20-12)15-11(18)8-19-10-6-4-9(14)5-7-10/h4-7H,2-3,8H2,1H3,(H,15,17,18). The van der Waals surface area contributed by atoms with Gasteiger partial charge in [0.1, 0.15) is 5.01 Å². The van der Waals surface area contributed by atoms with Crippen molar-refractivity contribution in [3.05, 3.63) is 34.3 Å². The number of halogens is 1. The fourth-order valence-corrected chi connectivity index (χ4v) is 3.14. The van der Waals surface area contributed by atoms with Crippen molar-refractivity contribution >= 4 is 45.7 Å². The average molecular weight is 328 g/mol. The lowest BCUT2D eigenvalue weighted by Gasteiger charge is -2.01. The van der Waals surface area contributed by atoms with Crippen LogP contribution >= 0.6 is 34.7 Å². The summed E-state index contributed by atoms with van der Waals surface area (Å²) in [5.41, 5.74) is 0. The molecule has 1 aromatic carbocycles. The van der Waals surface area contributed by atoms with Crippen molar-refractivity contribution in [2.45, 2.75) is 24.7 Å². The molecule has 0 radical (unpaired) electrons. The summed E-state index contributed by atoms with van der Waals surface area (Å²) in [5.74, 6) is 0.258. The maximum absolute atomic E-state index is 11.8. The third-order valence-electron chi connectivity index (χ3n) is 2.36. The van der Waals surface area contributed by atoms with E-state index in [-0.39, 0.29) is 5.91 Å². The van der Waals surface area contributed by atoms with Crippen molar-refractivity contribution in [3.63, 3.8) is 0 Å². The quantitative estimate of drug-likeness (QED) is 0.818. The molecule has 0 fully saturated rings. The van der Waals surface area contributed by atoms with Crippen LogP contribution in [-0.2, 0) is 11.2 Å². The lowest BCUT2D eigenvalue weighted by molar-refractivity contribution is -0.113. The van der Waals surface area contributed by atoms with Gasteiger partial charge in [-0.15, -0.1) is 22.0 Å². The highest BCUT2D eigenvalue weighted by Gasteiger charge is 2.08. The second kappa shape index (κ2) is 7.61. The van der Waals surface area contributed by atoms with Crippen molar-refractivity contribution in [1.29, 1.82) is 0 Å². The van der Waals surface area contributed by atoms with E-state index in [0.717, 1.165) is 22.7 Å². The van der Waals surface area contributed by atoms with Crippen molar-refractivity contribution in [2.24, 2.45) is 0 Å². The molecular formula is C13H14ClN3OS2. The van der Waals surface area contributed by atoms with Crippen LogP contribution in [0.3, 0.4) is 0 Å². The Bertz CT molecular complexity index is 571. The van der Waals surface area contributed by atoms with E-state index < -0.39 is 0 Å². The number of nitrogens with zero attached hydrogens (tertiary/aromatic N) is 2. The summed E-state index contributed by atoms with van der Waals surface area (Å²) in [6.45, 7) is 2.09. The predicted molar refractivity (Wildman–Crippen MR) is 84.7 cm³/mol. The van der Waals surface area contributed by atoms with E-state index in [2.05, 4.69) is 22.4 Å². The molecule has 2 aromatic rings. The molecule has 0 bridgehead atoms. The van der Waals surface area contributed by atoms with Gasteiger partial charge < -0.3 is 0 Å². The number of thioether (sulfide) groups is 1. The zero-order valence-corrected chi connectivity index (χ0v) is 13.3. The zero-order valence-electron chi connectivity index (χ0n) is 10.9. The number of carbonyl (C=O) groups excluding carboxylic acids is 1. The van der Waals surface area contributed by atoms with E-state index in [1.54, 1.807) is 0 Å². The summed E-state index contributed by atoms with van der Waals surface area (Å²) in [4.78, 5) is 12.8. The number of rotatable bonds is 6. The number of amides is 1. The third kappa shape index (κ3) is 4.77. The topological polar surface area (TPSA) is 54.9 Å². The Morgan fingerprint density at radius 3 is 2.80 bits per heavy atom.